The fraction of sp³-hybridized carbons (Fsp3) is 0. The predicted octanol–water partition coefficient (Wildman–Crippen LogP) is 14.2. The molecule has 11 rings (SSSR count). The normalized spacial score (nSPS) is 11.8. The average Bonchev–Trinajstić information content (AvgIpc) is 3.89. The molecule has 0 saturated carbocycles. The van der Waals surface area contributed by atoms with Crippen molar-refractivity contribution in [2.75, 3.05) is 4.90 Å². The minimum Gasteiger partial charge on any atom is -0.456 e. The van der Waals surface area contributed by atoms with Gasteiger partial charge in [0.05, 0.1) is 32.5 Å². The standard InChI is InChI=1S/C48H30N2OS/c1-2-12-33(13-3-1)49-40-18-7-4-14-35(40)36-29-26-32(30-43(36)49)31-24-27-34(28-25-31)50(41-19-11-22-45-47(41)39-16-5-8-21-44(39)51-45)42-20-10-17-38-37-15-6-9-23-46(37)52-48(38)42/h1-30H. The second-order valence-electron chi connectivity index (χ2n) is 13.3. The van der Waals surface area contributed by atoms with Crippen molar-refractivity contribution < 1.29 is 4.42 Å². The van der Waals surface area contributed by atoms with Crippen molar-refractivity contribution in [3.8, 4) is 16.8 Å². The molecular weight excluding hydrogens is 653 g/mol. The molecule has 0 aliphatic rings. The molecule has 0 aliphatic carbocycles. The minimum atomic E-state index is 0.881. The van der Waals surface area contributed by atoms with E-state index in [1.165, 1.54) is 53.1 Å². The van der Waals surface area contributed by atoms with Crippen molar-refractivity contribution in [2.45, 2.75) is 0 Å². The second-order valence-corrected chi connectivity index (χ2v) is 14.4. The lowest BCUT2D eigenvalue weighted by molar-refractivity contribution is 0.669. The number of hydrogen-bond acceptors (Lipinski definition) is 3. The average molecular weight is 683 g/mol. The van der Waals surface area contributed by atoms with Gasteiger partial charge in [-0.25, -0.2) is 0 Å². The van der Waals surface area contributed by atoms with Crippen molar-refractivity contribution in [2.24, 2.45) is 0 Å². The number of thiophene rings is 1. The summed E-state index contributed by atoms with van der Waals surface area (Å²) in [6.45, 7) is 0. The number of rotatable bonds is 5. The molecule has 3 heterocycles. The summed E-state index contributed by atoms with van der Waals surface area (Å²) in [5.41, 5.74) is 11.0. The Morgan fingerprint density at radius 1 is 0.442 bits per heavy atom. The van der Waals surface area contributed by atoms with Gasteiger partial charge in [0.1, 0.15) is 11.2 Å². The molecule has 0 N–H and O–H groups in total. The lowest BCUT2D eigenvalue weighted by Crippen LogP contribution is -2.10. The number of para-hydroxylation sites is 3. The molecule has 3 aromatic heterocycles. The first kappa shape index (κ1) is 29.1. The summed E-state index contributed by atoms with van der Waals surface area (Å²) in [6.07, 6.45) is 0. The summed E-state index contributed by atoms with van der Waals surface area (Å²) in [4.78, 5) is 2.42. The van der Waals surface area contributed by atoms with Crippen molar-refractivity contribution in [1.29, 1.82) is 0 Å². The van der Waals surface area contributed by atoms with Gasteiger partial charge in [-0.15, -0.1) is 11.3 Å². The van der Waals surface area contributed by atoms with Crippen LogP contribution in [0.4, 0.5) is 17.1 Å². The summed E-state index contributed by atoms with van der Waals surface area (Å²) in [6, 6.07) is 65.4. The number of hydrogen-bond donors (Lipinski definition) is 0. The number of benzene rings is 8. The van der Waals surface area contributed by atoms with Crippen LogP contribution in [0.3, 0.4) is 0 Å². The highest BCUT2D eigenvalue weighted by Gasteiger charge is 2.22. The van der Waals surface area contributed by atoms with Crippen LogP contribution in [0.15, 0.2) is 186 Å². The van der Waals surface area contributed by atoms with Crippen LogP contribution in [0.5, 0.6) is 0 Å². The van der Waals surface area contributed by atoms with Crippen molar-refractivity contribution in [3.05, 3.63) is 182 Å². The Morgan fingerprint density at radius 2 is 1.10 bits per heavy atom. The first-order chi connectivity index (χ1) is 25.8. The maximum Gasteiger partial charge on any atom is 0.137 e. The van der Waals surface area contributed by atoms with Gasteiger partial charge in [-0.05, 0) is 77.9 Å². The highest BCUT2D eigenvalue weighted by molar-refractivity contribution is 7.26. The fourth-order valence-corrected chi connectivity index (χ4v) is 9.27. The number of nitrogens with zero attached hydrogens (tertiary/aromatic N) is 2. The molecule has 52 heavy (non-hydrogen) atoms. The fourth-order valence-electron chi connectivity index (χ4n) is 8.07. The minimum absolute atomic E-state index is 0.881. The van der Waals surface area contributed by atoms with Crippen LogP contribution in [0.1, 0.15) is 0 Å². The van der Waals surface area contributed by atoms with Crippen LogP contribution in [-0.2, 0) is 0 Å². The Hall–Kier alpha value is -6.62. The largest absolute Gasteiger partial charge is 0.456 e. The SMILES string of the molecule is c1ccc(-n2c3ccccc3c3ccc(-c4ccc(N(c5cccc6c5sc5ccccc56)c5cccc6oc7ccccc7c56)cc4)cc32)cc1. The van der Waals surface area contributed by atoms with E-state index in [9.17, 15) is 0 Å². The van der Waals surface area contributed by atoms with E-state index in [-0.39, 0.29) is 0 Å². The van der Waals surface area contributed by atoms with E-state index < -0.39 is 0 Å². The third kappa shape index (κ3) is 4.38. The lowest BCUT2D eigenvalue weighted by Gasteiger charge is -2.27. The molecule has 0 spiro atoms. The van der Waals surface area contributed by atoms with E-state index in [0.717, 1.165) is 44.7 Å². The Kier molecular flexibility index (Phi) is 6.42. The smallest absolute Gasteiger partial charge is 0.137 e. The number of aromatic nitrogens is 1. The molecule has 3 nitrogen and oxygen atoms in total. The molecule has 0 radical (unpaired) electrons. The second kappa shape index (κ2) is 11.5. The van der Waals surface area contributed by atoms with E-state index in [2.05, 4.69) is 185 Å². The van der Waals surface area contributed by atoms with E-state index in [1.807, 2.05) is 17.4 Å². The zero-order valence-corrected chi connectivity index (χ0v) is 28.8. The quantitative estimate of drug-likeness (QED) is 0.180. The Morgan fingerprint density at radius 3 is 1.98 bits per heavy atom. The first-order valence-corrected chi connectivity index (χ1v) is 18.4. The third-order valence-corrected chi connectivity index (χ3v) is 11.6. The molecule has 0 amide bonds. The van der Waals surface area contributed by atoms with Gasteiger partial charge in [-0.3, -0.25) is 0 Å². The van der Waals surface area contributed by atoms with Gasteiger partial charge in [0.2, 0.25) is 0 Å². The molecule has 0 unspecified atom stereocenters. The highest BCUT2D eigenvalue weighted by Crippen LogP contribution is 2.48. The predicted molar refractivity (Wildman–Crippen MR) is 221 cm³/mol. The van der Waals surface area contributed by atoms with E-state index in [4.69, 9.17) is 4.42 Å². The van der Waals surface area contributed by atoms with Crippen molar-refractivity contribution in [1.82, 2.24) is 4.57 Å². The van der Waals surface area contributed by atoms with Crippen LogP contribution in [0.25, 0.3) is 80.7 Å². The zero-order valence-electron chi connectivity index (χ0n) is 28.0. The van der Waals surface area contributed by atoms with Gasteiger partial charge in [0, 0.05) is 43.0 Å². The van der Waals surface area contributed by atoms with Gasteiger partial charge < -0.3 is 13.9 Å². The van der Waals surface area contributed by atoms with Crippen LogP contribution < -0.4 is 4.90 Å². The highest BCUT2D eigenvalue weighted by atomic mass is 32.1. The zero-order chi connectivity index (χ0) is 34.2. The molecule has 0 saturated heterocycles. The van der Waals surface area contributed by atoms with Gasteiger partial charge in [0.15, 0.2) is 0 Å². The van der Waals surface area contributed by atoms with Crippen molar-refractivity contribution in [3.63, 3.8) is 0 Å². The Labute approximate surface area is 303 Å². The summed E-state index contributed by atoms with van der Waals surface area (Å²) < 4.78 is 11.3. The summed E-state index contributed by atoms with van der Waals surface area (Å²) >= 11 is 1.85. The summed E-state index contributed by atoms with van der Waals surface area (Å²) in [7, 11) is 0. The van der Waals surface area contributed by atoms with Gasteiger partial charge in [-0.1, -0.05) is 115 Å². The van der Waals surface area contributed by atoms with Crippen LogP contribution in [0.2, 0.25) is 0 Å². The lowest BCUT2D eigenvalue weighted by atomic mass is 10.0. The maximum absolute atomic E-state index is 6.40. The molecule has 4 heteroatoms. The topological polar surface area (TPSA) is 21.3 Å². The molecule has 244 valence electrons. The third-order valence-electron chi connectivity index (χ3n) is 10.4. The van der Waals surface area contributed by atoms with Gasteiger partial charge >= 0.3 is 0 Å². The Balaban J connectivity index is 1.11. The monoisotopic (exact) mass is 682 g/mol. The van der Waals surface area contributed by atoms with E-state index in [0.29, 0.717) is 0 Å². The molecule has 0 aliphatic heterocycles. The van der Waals surface area contributed by atoms with Gasteiger partial charge in [0.25, 0.3) is 0 Å². The number of furan rings is 1. The molecule has 0 fully saturated rings. The Bertz CT molecular complexity index is 3130. The van der Waals surface area contributed by atoms with Gasteiger partial charge in [-0.2, -0.15) is 0 Å². The molecule has 11 aromatic rings. The number of anilines is 3. The first-order valence-electron chi connectivity index (χ1n) is 17.6. The number of fused-ring (bicyclic) bond motifs is 9. The van der Waals surface area contributed by atoms with Crippen molar-refractivity contribution >= 4 is 92.3 Å². The molecule has 0 bridgehead atoms. The van der Waals surface area contributed by atoms with E-state index >= 15 is 0 Å². The van der Waals surface area contributed by atoms with Crippen LogP contribution >= 0.6 is 11.3 Å². The molecular formula is C48H30N2OS. The molecule has 8 aromatic carbocycles. The van der Waals surface area contributed by atoms with Crippen LogP contribution in [-0.4, -0.2) is 4.57 Å². The van der Waals surface area contributed by atoms with E-state index in [1.54, 1.807) is 0 Å². The summed E-state index contributed by atoms with van der Waals surface area (Å²) in [5, 5.41) is 7.29. The molecule has 0 atom stereocenters. The van der Waals surface area contributed by atoms with Crippen LogP contribution in [0, 0.1) is 0 Å². The maximum atomic E-state index is 6.40. The summed E-state index contributed by atoms with van der Waals surface area (Å²) in [5.74, 6) is 0.